The Hall–Kier alpha value is -2.49. The fraction of sp³-hybridized carbons (Fsp3) is 0.188. The SMILES string of the molecule is COC(=O)c1ccc(NCc2ccccc2O)c(C)c1. The van der Waals surface area contributed by atoms with Gasteiger partial charge in [0.05, 0.1) is 12.7 Å². The molecule has 0 unspecified atom stereocenters. The van der Waals surface area contributed by atoms with Gasteiger partial charge in [-0.3, -0.25) is 0 Å². The summed E-state index contributed by atoms with van der Waals surface area (Å²) in [7, 11) is 1.36. The molecule has 4 heteroatoms. The summed E-state index contributed by atoms with van der Waals surface area (Å²) in [5.74, 6) is -0.0795. The number of aromatic hydroxyl groups is 1. The third kappa shape index (κ3) is 3.09. The molecule has 2 rings (SSSR count). The van der Waals surface area contributed by atoms with Crippen LogP contribution in [0, 0.1) is 6.92 Å². The maximum absolute atomic E-state index is 11.4. The van der Waals surface area contributed by atoms with Gasteiger partial charge in [0.15, 0.2) is 0 Å². The number of rotatable bonds is 4. The van der Waals surface area contributed by atoms with Crippen LogP contribution in [-0.4, -0.2) is 18.2 Å². The monoisotopic (exact) mass is 271 g/mol. The van der Waals surface area contributed by atoms with E-state index in [-0.39, 0.29) is 11.7 Å². The molecule has 0 fully saturated rings. The Morgan fingerprint density at radius 3 is 2.65 bits per heavy atom. The van der Waals surface area contributed by atoms with Gasteiger partial charge in [-0.25, -0.2) is 4.79 Å². The van der Waals surface area contributed by atoms with E-state index < -0.39 is 0 Å². The van der Waals surface area contributed by atoms with Crippen molar-refractivity contribution in [2.24, 2.45) is 0 Å². The number of methoxy groups -OCH3 is 1. The van der Waals surface area contributed by atoms with Gasteiger partial charge in [-0.2, -0.15) is 0 Å². The maximum Gasteiger partial charge on any atom is 0.337 e. The summed E-state index contributed by atoms with van der Waals surface area (Å²) in [5.41, 5.74) is 3.21. The lowest BCUT2D eigenvalue weighted by molar-refractivity contribution is 0.0600. The Morgan fingerprint density at radius 1 is 1.25 bits per heavy atom. The number of phenolic OH excluding ortho intramolecular Hbond substituents is 1. The number of aryl methyl sites for hydroxylation is 1. The predicted octanol–water partition coefficient (Wildman–Crippen LogP) is 3.10. The van der Waals surface area contributed by atoms with Crippen molar-refractivity contribution in [2.45, 2.75) is 13.5 Å². The minimum absolute atomic E-state index is 0.267. The topological polar surface area (TPSA) is 58.6 Å². The van der Waals surface area contributed by atoms with E-state index in [1.54, 1.807) is 24.3 Å². The van der Waals surface area contributed by atoms with Gasteiger partial charge < -0.3 is 15.2 Å². The minimum atomic E-state index is -0.347. The highest BCUT2D eigenvalue weighted by molar-refractivity contribution is 5.90. The van der Waals surface area contributed by atoms with Crippen molar-refractivity contribution < 1.29 is 14.6 Å². The highest BCUT2D eigenvalue weighted by atomic mass is 16.5. The van der Waals surface area contributed by atoms with Gasteiger partial charge in [-0.05, 0) is 36.8 Å². The van der Waals surface area contributed by atoms with Gasteiger partial charge >= 0.3 is 5.97 Å². The summed E-state index contributed by atoms with van der Waals surface area (Å²) in [6, 6.07) is 12.5. The number of carbonyl (C=O) groups excluding carboxylic acids is 1. The highest BCUT2D eigenvalue weighted by Crippen LogP contribution is 2.21. The van der Waals surface area contributed by atoms with Crippen molar-refractivity contribution in [2.75, 3.05) is 12.4 Å². The first-order valence-corrected chi connectivity index (χ1v) is 6.31. The van der Waals surface area contributed by atoms with Gasteiger partial charge in [0.1, 0.15) is 5.75 Å². The number of nitrogens with one attached hydrogen (secondary N) is 1. The number of carbonyl (C=O) groups is 1. The smallest absolute Gasteiger partial charge is 0.337 e. The van der Waals surface area contributed by atoms with Crippen molar-refractivity contribution in [3.8, 4) is 5.75 Å². The zero-order chi connectivity index (χ0) is 14.5. The predicted molar refractivity (Wildman–Crippen MR) is 78.0 cm³/mol. The number of esters is 1. The van der Waals surface area contributed by atoms with Crippen molar-refractivity contribution in [3.63, 3.8) is 0 Å². The lowest BCUT2D eigenvalue weighted by Gasteiger charge is -2.11. The molecule has 0 aliphatic heterocycles. The van der Waals surface area contributed by atoms with Gasteiger partial charge in [0.2, 0.25) is 0 Å². The number of phenols is 1. The molecule has 20 heavy (non-hydrogen) atoms. The molecule has 2 N–H and O–H groups in total. The van der Waals surface area contributed by atoms with Crippen LogP contribution in [0.5, 0.6) is 5.75 Å². The standard InChI is InChI=1S/C16H17NO3/c1-11-9-12(16(19)20-2)7-8-14(11)17-10-13-5-3-4-6-15(13)18/h3-9,17-18H,10H2,1-2H3. The number of anilines is 1. The molecule has 4 nitrogen and oxygen atoms in total. The molecule has 0 heterocycles. The van der Waals surface area contributed by atoms with Crippen LogP contribution in [-0.2, 0) is 11.3 Å². The molecule has 0 spiro atoms. The molecular weight excluding hydrogens is 254 g/mol. The zero-order valence-corrected chi connectivity index (χ0v) is 11.5. The zero-order valence-electron chi connectivity index (χ0n) is 11.5. The number of ether oxygens (including phenoxy) is 1. The molecule has 0 atom stereocenters. The minimum Gasteiger partial charge on any atom is -0.508 e. The molecule has 0 aromatic heterocycles. The van der Waals surface area contributed by atoms with Crippen LogP contribution >= 0.6 is 0 Å². The molecule has 0 aliphatic rings. The fourth-order valence-electron chi connectivity index (χ4n) is 1.96. The average molecular weight is 271 g/mol. The molecule has 2 aromatic rings. The Morgan fingerprint density at radius 2 is 2.00 bits per heavy atom. The van der Waals surface area contributed by atoms with E-state index in [2.05, 4.69) is 10.1 Å². The first kappa shape index (κ1) is 13.9. The van der Waals surface area contributed by atoms with E-state index in [4.69, 9.17) is 0 Å². The fourth-order valence-corrected chi connectivity index (χ4v) is 1.96. The molecule has 2 aromatic carbocycles. The average Bonchev–Trinajstić information content (AvgIpc) is 2.46. The number of benzene rings is 2. The molecule has 104 valence electrons. The third-order valence-electron chi connectivity index (χ3n) is 3.11. The molecular formula is C16H17NO3. The summed E-state index contributed by atoms with van der Waals surface area (Å²) in [4.78, 5) is 11.4. The molecule has 0 saturated carbocycles. The van der Waals surface area contributed by atoms with Gasteiger partial charge in [0.25, 0.3) is 0 Å². The highest BCUT2D eigenvalue weighted by Gasteiger charge is 2.07. The second kappa shape index (κ2) is 6.10. The second-order valence-electron chi connectivity index (χ2n) is 4.50. The second-order valence-corrected chi connectivity index (χ2v) is 4.50. The summed E-state index contributed by atoms with van der Waals surface area (Å²) in [6.07, 6.45) is 0. The molecule has 0 amide bonds. The maximum atomic E-state index is 11.4. The first-order valence-electron chi connectivity index (χ1n) is 6.31. The largest absolute Gasteiger partial charge is 0.508 e. The van der Waals surface area contributed by atoms with Gasteiger partial charge in [-0.1, -0.05) is 18.2 Å². The first-order chi connectivity index (χ1) is 9.61. The van der Waals surface area contributed by atoms with Crippen LogP contribution in [0.2, 0.25) is 0 Å². The van der Waals surface area contributed by atoms with Crippen molar-refractivity contribution in [1.82, 2.24) is 0 Å². The number of hydrogen-bond acceptors (Lipinski definition) is 4. The van der Waals surface area contributed by atoms with E-state index in [1.807, 2.05) is 25.1 Å². The summed E-state index contributed by atoms with van der Waals surface area (Å²) in [6.45, 7) is 2.44. The Kier molecular flexibility index (Phi) is 4.25. The van der Waals surface area contributed by atoms with Crippen LogP contribution in [0.1, 0.15) is 21.5 Å². The Bertz CT molecular complexity index is 623. The van der Waals surface area contributed by atoms with E-state index in [1.165, 1.54) is 7.11 Å². The van der Waals surface area contributed by atoms with Crippen LogP contribution in [0.3, 0.4) is 0 Å². The van der Waals surface area contributed by atoms with E-state index >= 15 is 0 Å². The lowest BCUT2D eigenvalue weighted by atomic mass is 10.1. The number of hydrogen-bond donors (Lipinski definition) is 2. The third-order valence-corrected chi connectivity index (χ3v) is 3.11. The summed E-state index contributed by atoms with van der Waals surface area (Å²) >= 11 is 0. The lowest BCUT2D eigenvalue weighted by Crippen LogP contribution is -2.04. The van der Waals surface area contributed by atoms with Crippen LogP contribution in [0.25, 0.3) is 0 Å². The Labute approximate surface area is 118 Å². The summed E-state index contributed by atoms with van der Waals surface area (Å²) in [5, 5.41) is 12.9. The van der Waals surface area contributed by atoms with Crippen molar-refractivity contribution in [3.05, 3.63) is 59.2 Å². The molecule has 0 saturated heterocycles. The van der Waals surface area contributed by atoms with Crippen LogP contribution < -0.4 is 5.32 Å². The van der Waals surface area contributed by atoms with Crippen LogP contribution in [0.4, 0.5) is 5.69 Å². The normalized spacial score (nSPS) is 10.1. The summed E-state index contributed by atoms with van der Waals surface area (Å²) < 4.78 is 4.68. The van der Waals surface area contributed by atoms with E-state index in [0.717, 1.165) is 16.8 Å². The van der Waals surface area contributed by atoms with Crippen molar-refractivity contribution in [1.29, 1.82) is 0 Å². The molecule has 0 bridgehead atoms. The quantitative estimate of drug-likeness (QED) is 0.839. The number of para-hydroxylation sites is 1. The van der Waals surface area contributed by atoms with Crippen LogP contribution in [0.15, 0.2) is 42.5 Å². The van der Waals surface area contributed by atoms with Crippen molar-refractivity contribution >= 4 is 11.7 Å². The van der Waals surface area contributed by atoms with Gasteiger partial charge in [0, 0.05) is 17.8 Å². The molecule has 0 aliphatic carbocycles. The molecule has 0 radical (unpaired) electrons. The van der Waals surface area contributed by atoms with E-state index in [9.17, 15) is 9.90 Å². The van der Waals surface area contributed by atoms with Gasteiger partial charge in [-0.15, -0.1) is 0 Å². The Balaban J connectivity index is 2.11. The van der Waals surface area contributed by atoms with E-state index in [0.29, 0.717) is 12.1 Å².